The molecule has 0 radical (unpaired) electrons. The zero-order valence-electron chi connectivity index (χ0n) is 22.4. The zero-order chi connectivity index (χ0) is 27.5. The molecule has 1 aromatic carbocycles. The van der Waals surface area contributed by atoms with Crippen molar-refractivity contribution in [1.29, 1.82) is 0 Å². The van der Waals surface area contributed by atoms with E-state index in [4.69, 9.17) is 11.6 Å². The summed E-state index contributed by atoms with van der Waals surface area (Å²) in [6.07, 6.45) is 6.72. The van der Waals surface area contributed by atoms with Gasteiger partial charge in [0.2, 0.25) is 11.8 Å². The minimum Gasteiger partial charge on any atom is -0.339 e. The van der Waals surface area contributed by atoms with Crippen LogP contribution >= 0.6 is 11.6 Å². The molecule has 3 aromatic rings. The number of aryl methyl sites for hydroxylation is 1. The number of amides is 3. The van der Waals surface area contributed by atoms with Crippen molar-refractivity contribution < 1.29 is 14.4 Å². The second-order valence-electron chi connectivity index (χ2n) is 10.5. The van der Waals surface area contributed by atoms with Crippen LogP contribution < -0.4 is 10.6 Å². The first-order valence-electron chi connectivity index (χ1n) is 13.6. The Bertz CT molecular complexity index is 1360. The Kier molecular flexibility index (Phi) is 8.02. The average Bonchev–Trinajstić information content (AvgIpc) is 3.36. The number of carbonyl (C=O) groups excluding carboxylic acids is 3. The molecule has 2 N–H and O–H groups in total. The molecule has 2 aliphatic rings. The molecular weight excluding hydrogens is 514 g/mol. The minimum atomic E-state index is -0.643. The van der Waals surface area contributed by atoms with Crippen molar-refractivity contribution in [3.8, 4) is 11.1 Å². The Morgan fingerprint density at radius 2 is 1.74 bits per heavy atom. The highest BCUT2D eigenvalue weighted by molar-refractivity contribution is 6.33. The van der Waals surface area contributed by atoms with Gasteiger partial charge in [-0.3, -0.25) is 19.4 Å². The molecule has 8 nitrogen and oxygen atoms in total. The van der Waals surface area contributed by atoms with Gasteiger partial charge in [-0.15, -0.1) is 0 Å². The smallest absolute Gasteiger partial charge is 0.268 e. The van der Waals surface area contributed by atoms with Gasteiger partial charge >= 0.3 is 0 Å². The fourth-order valence-corrected chi connectivity index (χ4v) is 6.08. The summed E-state index contributed by atoms with van der Waals surface area (Å²) in [7, 11) is 0. The largest absolute Gasteiger partial charge is 0.339 e. The molecule has 3 amide bonds. The number of aromatic nitrogens is 2. The van der Waals surface area contributed by atoms with E-state index in [2.05, 4.69) is 15.6 Å². The molecule has 3 heterocycles. The van der Waals surface area contributed by atoms with Gasteiger partial charge < -0.3 is 20.1 Å². The molecule has 5 rings (SSSR count). The molecule has 2 aromatic heterocycles. The second-order valence-corrected chi connectivity index (χ2v) is 10.9. The normalized spacial score (nSPS) is 16.3. The number of nitrogens with one attached hydrogen (secondary N) is 2. The third-order valence-corrected chi connectivity index (χ3v) is 8.23. The van der Waals surface area contributed by atoms with Crippen LogP contribution in [0.2, 0.25) is 5.02 Å². The molecule has 1 fully saturated rings. The molecule has 1 saturated carbocycles. The average molecular weight is 548 g/mol. The van der Waals surface area contributed by atoms with E-state index in [-0.39, 0.29) is 23.6 Å². The minimum absolute atomic E-state index is 0.0224. The molecule has 0 spiro atoms. The predicted octanol–water partition coefficient (Wildman–Crippen LogP) is 5.19. The van der Waals surface area contributed by atoms with E-state index in [9.17, 15) is 14.4 Å². The number of hydrogen-bond donors (Lipinski definition) is 2. The molecule has 0 saturated heterocycles. The van der Waals surface area contributed by atoms with E-state index in [1.807, 2.05) is 41.8 Å². The lowest BCUT2D eigenvalue weighted by molar-refractivity contribution is -0.130. The molecule has 1 aliphatic carbocycles. The molecule has 0 bridgehead atoms. The standard InChI is InChI=1S/C30H34ClN5O3/c1-19-27(25(31)14-15-32-19)21-8-10-23(11-9-21)33-30(39)28(22-6-4-3-5-7-22)34-29(38)26-13-12-24-18-35(20(2)37)16-17-36(24)26/h8-15,22,28H,3-7,16-18H2,1-2H3,(H,33,39)(H,34,38)/t28-/m0/s1. The van der Waals surface area contributed by atoms with Gasteiger partial charge in [-0.25, -0.2) is 0 Å². The van der Waals surface area contributed by atoms with E-state index in [1.54, 1.807) is 30.2 Å². The van der Waals surface area contributed by atoms with Crippen molar-refractivity contribution in [2.45, 2.75) is 65.1 Å². The number of nitrogens with zero attached hydrogens (tertiary/aromatic N) is 3. The van der Waals surface area contributed by atoms with Gasteiger partial charge in [0.25, 0.3) is 5.91 Å². The fraction of sp³-hybridized carbons (Fsp3) is 0.400. The molecule has 39 heavy (non-hydrogen) atoms. The molecule has 9 heteroatoms. The van der Waals surface area contributed by atoms with Gasteiger partial charge in [0, 0.05) is 48.8 Å². The Balaban J connectivity index is 1.32. The number of pyridine rings is 1. The van der Waals surface area contributed by atoms with E-state index in [1.165, 1.54) is 0 Å². The summed E-state index contributed by atoms with van der Waals surface area (Å²) >= 11 is 6.40. The van der Waals surface area contributed by atoms with E-state index in [0.717, 1.165) is 54.6 Å². The number of rotatable bonds is 6. The van der Waals surface area contributed by atoms with Crippen LogP contribution in [0.5, 0.6) is 0 Å². The Hall–Kier alpha value is -3.65. The van der Waals surface area contributed by atoms with Gasteiger partial charge in [0.05, 0.1) is 11.6 Å². The van der Waals surface area contributed by atoms with E-state index >= 15 is 0 Å². The third kappa shape index (κ3) is 5.86. The highest BCUT2D eigenvalue weighted by atomic mass is 35.5. The highest BCUT2D eigenvalue weighted by Crippen LogP contribution is 2.31. The van der Waals surface area contributed by atoms with Gasteiger partial charge in [-0.2, -0.15) is 0 Å². The van der Waals surface area contributed by atoms with Gasteiger partial charge in [0.15, 0.2) is 0 Å². The number of halogens is 1. The van der Waals surface area contributed by atoms with Crippen molar-refractivity contribution in [2.75, 3.05) is 11.9 Å². The molecule has 0 unspecified atom stereocenters. The first-order chi connectivity index (χ1) is 18.8. The van der Waals surface area contributed by atoms with Crippen LogP contribution in [-0.4, -0.2) is 44.8 Å². The number of benzene rings is 1. The third-order valence-electron chi connectivity index (χ3n) is 7.92. The quantitative estimate of drug-likeness (QED) is 0.444. The second kappa shape index (κ2) is 11.6. The van der Waals surface area contributed by atoms with Crippen molar-refractivity contribution >= 4 is 35.0 Å². The Morgan fingerprint density at radius 3 is 2.44 bits per heavy atom. The van der Waals surface area contributed by atoms with Crippen LogP contribution in [-0.2, 0) is 22.7 Å². The summed E-state index contributed by atoms with van der Waals surface area (Å²) in [5.74, 6) is -0.385. The van der Waals surface area contributed by atoms with E-state index < -0.39 is 6.04 Å². The molecule has 204 valence electrons. The lowest BCUT2D eigenvalue weighted by atomic mass is 9.83. The summed E-state index contributed by atoms with van der Waals surface area (Å²) in [6, 6.07) is 12.3. The molecule has 1 aliphatic heterocycles. The van der Waals surface area contributed by atoms with E-state index in [0.29, 0.717) is 36.0 Å². The van der Waals surface area contributed by atoms with Crippen LogP contribution in [0.25, 0.3) is 11.1 Å². The number of fused-ring (bicyclic) bond motifs is 1. The summed E-state index contributed by atoms with van der Waals surface area (Å²) in [6.45, 7) is 5.06. The number of hydrogen-bond acceptors (Lipinski definition) is 4. The van der Waals surface area contributed by atoms with Crippen LogP contribution in [0.4, 0.5) is 5.69 Å². The highest BCUT2D eigenvalue weighted by Gasteiger charge is 2.32. The fourth-order valence-electron chi connectivity index (χ4n) is 5.78. The summed E-state index contributed by atoms with van der Waals surface area (Å²) < 4.78 is 1.95. The topological polar surface area (TPSA) is 96.3 Å². The maximum atomic E-state index is 13.6. The van der Waals surface area contributed by atoms with Crippen molar-refractivity contribution in [3.63, 3.8) is 0 Å². The SMILES string of the molecule is CC(=O)N1CCn2c(ccc2C(=O)N[C@H](C(=O)Nc2ccc(-c3c(Cl)ccnc3C)cc2)C2CCCCC2)C1. The monoisotopic (exact) mass is 547 g/mol. The summed E-state index contributed by atoms with van der Waals surface area (Å²) in [4.78, 5) is 44.9. The Morgan fingerprint density at radius 1 is 1.00 bits per heavy atom. The van der Waals surface area contributed by atoms with Crippen molar-refractivity contribution in [1.82, 2.24) is 19.8 Å². The predicted molar refractivity (Wildman–Crippen MR) is 151 cm³/mol. The first kappa shape index (κ1) is 26.9. The van der Waals surface area contributed by atoms with Gasteiger partial charge in [-0.05, 0) is 61.6 Å². The summed E-state index contributed by atoms with van der Waals surface area (Å²) in [5.41, 5.74) is 4.72. The maximum Gasteiger partial charge on any atom is 0.268 e. The molecule has 1 atom stereocenters. The first-order valence-corrected chi connectivity index (χ1v) is 14.0. The number of anilines is 1. The van der Waals surface area contributed by atoms with Crippen molar-refractivity contribution in [2.24, 2.45) is 5.92 Å². The maximum absolute atomic E-state index is 13.6. The van der Waals surface area contributed by atoms with Crippen LogP contribution in [0.1, 0.15) is 60.9 Å². The Labute approximate surface area is 233 Å². The van der Waals surface area contributed by atoms with Gasteiger partial charge in [0.1, 0.15) is 11.7 Å². The molecular formula is C30H34ClN5O3. The summed E-state index contributed by atoms with van der Waals surface area (Å²) in [5, 5.41) is 6.72. The zero-order valence-corrected chi connectivity index (χ0v) is 23.1. The van der Waals surface area contributed by atoms with Gasteiger partial charge in [-0.1, -0.05) is 43.0 Å². The van der Waals surface area contributed by atoms with Crippen LogP contribution in [0, 0.1) is 12.8 Å². The van der Waals surface area contributed by atoms with Crippen molar-refractivity contribution in [3.05, 3.63) is 70.8 Å². The van der Waals surface area contributed by atoms with Crippen LogP contribution in [0.3, 0.4) is 0 Å². The lowest BCUT2D eigenvalue weighted by Gasteiger charge is -2.31. The number of carbonyl (C=O) groups is 3. The van der Waals surface area contributed by atoms with Crippen LogP contribution in [0.15, 0.2) is 48.7 Å². The lowest BCUT2D eigenvalue weighted by Crippen LogP contribution is -2.49.